The van der Waals surface area contributed by atoms with Crippen LogP contribution in [0.5, 0.6) is 0 Å². The number of carbonyl (C=O) groups is 1. The summed E-state index contributed by atoms with van der Waals surface area (Å²) in [6.45, 7) is 8.34. The molecule has 0 radical (unpaired) electrons. The van der Waals surface area contributed by atoms with Crippen molar-refractivity contribution >= 4 is 5.97 Å². The van der Waals surface area contributed by atoms with Crippen LogP contribution in [0.25, 0.3) is 0 Å². The molecule has 0 bridgehead atoms. The summed E-state index contributed by atoms with van der Waals surface area (Å²) in [4.78, 5) is 11.1. The minimum absolute atomic E-state index is 0.000532. The van der Waals surface area contributed by atoms with Gasteiger partial charge in [-0.3, -0.25) is 4.79 Å². The van der Waals surface area contributed by atoms with E-state index in [1.165, 1.54) is 0 Å². The van der Waals surface area contributed by atoms with E-state index in [0.717, 1.165) is 6.42 Å². The van der Waals surface area contributed by atoms with Crippen LogP contribution >= 0.6 is 0 Å². The fourth-order valence-electron chi connectivity index (χ4n) is 3.48. The molecule has 1 aliphatic heterocycles. The molecule has 1 aliphatic carbocycles. The van der Waals surface area contributed by atoms with E-state index in [-0.39, 0.29) is 22.9 Å². The van der Waals surface area contributed by atoms with Crippen molar-refractivity contribution in [2.45, 2.75) is 52.2 Å². The highest BCUT2D eigenvalue weighted by Gasteiger charge is 2.74. The van der Waals surface area contributed by atoms with Gasteiger partial charge in [-0.25, -0.2) is 0 Å². The van der Waals surface area contributed by atoms with Crippen molar-refractivity contribution in [1.82, 2.24) is 0 Å². The van der Waals surface area contributed by atoms with Crippen LogP contribution in [0, 0.1) is 17.3 Å². The lowest BCUT2D eigenvalue weighted by Crippen LogP contribution is -2.57. The predicted molar refractivity (Wildman–Crippen MR) is 56.6 cm³/mol. The van der Waals surface area contributed by atoms with Gasteiger partial charge in [-0.2, -0.15) is 0 Å². The second-order valence-corrected chi connectivity index (χ2v) is 5.53. The van der Waals surface area contributed by atoms with Gasteiger partial charge in [0.15, 0.2) is 0 Å². The standard InChI is InChI=1S/C12H20O3/c1-5-8(10(13)14)9-6-12(7(2)15-12)11(9,3)4/h7-9H,5-6H2,1-4H3,(H,13,14). The minimum atomic E-state index is -0.654. The van der Waals surface area contributed by atoms with Crippen molar-refractivity contribution in [2.75, 3.05) is 0 Å². The van der Waals surface area contributed by atoms with Crippen molar-refractivity contribution < 1.29 is 14.6 Å². The van der Waals surface area contributed by atoms with Gasteiger partial charge in [-0.1, -0.05) is 20.8 Å². The maximum absolute atomic E-state index is 11.1. The normalized spacial score (nSPS) is 43.5. The lowest BCUT2D eigenvalue weighted by Gasteiger charge is -2.53. The Morgan fingerprint density at radius 3 is 2.40 bits per heavy atom. The summed E-state index contributed by atoms with van der Waals surface area (Å²) in [7, 11) is 0. The van der Waals surface area contributed by atoms with Crippen molar-refractivity contribution in [3.05, 3.63) is 0 Å². The SMILES string of the molecule is CCC(C(=O)O)C1CC2(OC2C)C1(C)C. The van der Waals surface area contributed by atoms with Crippen molar-refractivity contribution in [2.24, 2.45) is 17.3 Å². The second kappa shape index (κ2) is 2.97. The molecule has 4 unspecified atom stereocenters. The van der Waals surface area contributed by atoms with E-state index < -0.39 is 5.97 Å². The molecule has 1 N–H and O–H groups in total. The first-order valence-corrected chi connectivity index (χ1v) is 5.77. The van der Waals surface area contributed by atoms with Crippen LogP contribution in [-0.2, 0) is 9.53 Å². The van der Waals surface area contributed by atoms with Gasteiger partial charge in [0.2, 0.25) is 0 Å². The van der Waals surface area contributed by atoms with Crippen LogP contribution in [-0.4, -0.2) is 22.8 Å². The van der Waals surface area contributed by atoms with Crippen molar-refractivity contribution in [3.8, 4) is 0 Å². The lowest BCUT2D eigenvalue weighted by atomic mass is 9.49. The first kappa shape index (κ1) is 10.9. The Kier molecular flexibility index (Phi) is 2.16. The lowest BCUT2D eigenvalue weighted by molar-refractivity contribution is -0.155. The molecule has 0 aromatic heterocycles. The van der Waals surface area contributed by atoms with Gasteiger partial charge in [-0.15, -0.1) is 0 Å². The first-order valence-electron chi connectivity index (χ1n) is 5.77. The quantitative estimate of drug-likeness (QED) is 0.730. The van der Waals surface area contributed by atoms with E-state index >= 15 is 0 Å². The first-order chi connectivity index (χ1) is 6.87. The summed E-state index contributed by atoms with van der Waals surface area (Å²) in [5.41, 5.74) is 0.0199. The zero-order valence-electron chi connectivity index (χ0n) is 9.91. The number of carboxylic acids is 1. The Morgan fingerprint density at radius 1 is 1.60 bits per heavy atom. The smallest absolute Gasteiger partial charge is 0.306 e. The maximum atomic E-state index is 11.1. The zero-order valence-corrected chi connectivity index (χ0v) is 9.91. The number of hydrogen-bond acceptors (Lipinski definition) is 2. The van der Waals surface area contributed by atoms with E-state index in [1.807, 2.05) is 6.92 Å². The zero-order chi connectivity index (χ0) is 11.4. The van der Waals surface area contributed by atoms with E-state index in [1.54, 1.807) is 0 Å². The Bertz CT molecular complexity index is 297. The molecule has 3 heteroatoms. The van der Waals surface area contributed by atoms with Gasteiger partial charge >= 0.3 is 5.97 Å². The molecule has 0 amide bonds. The fraction of sp³-hybridized carbons (Fsp3) is 0.917. The third-order valence-electron chi connectivity index (χ3n) is 4.77. The average molecular weight is 212 g/mol. The molecule has 15 heavy (non-hydrogen) atoms. The van der Waals surface area contributed by atoms with Crippen molar-refractivity contribution in [1.29, 1.82) is 0 Å². The van der Waals surface area contributed by atoms with Crippen LogP contribution in [0.4, 0.5) is 0 Å². The van der Waals surface area contributed by atoms with E-state index in [2.05, 4.69) is 20.8 Å². The molecule has 2 aliphatic rings. The summed E-state index contributed by atoms with van der Waals surface area (Å²) in [6, 6.07) is 0. The van der Waals surface area contributed by atoms with E-state index in [9.17, 15) is 4.79 Å². The van der Waals surface area contributed by atoms with Gasteiger partial charge in [0, 0.05) is 5.41 Å². The minimum Gasteiger partial charge on any atom is -0.481 e. The number of ether oxygens (including phenoxy) is 1. The van der Waals surface area contributed by atoms with Gasteiger partial charge in [-0.05, 0) is 25.7 Å². The maximum Gasteiger partial charge on any atom is 0.306 e. The van der Waals surface area contributed by atoms with Gasteiger partial charge in [0.05, 0.1) is 12.0 Å². The van der Waals surface area contributed by atoms with E-state index in [4.69, 9.17) is 9.84 Å². The molecule has 0 aromatic carbocycles. The number of rotatable bonds is 3. The largest absolute Gasteiger partial charge is 0.481 e. The van der Waals surface area contributed by atoms with Gasteiger partial charge < -0.3 is 9.84 Å². The molecular formula is C12H20O3. The van der Waals surface area contributed by atoms with Gasteiger partial charge in [0.25, 0.3) is 0 Å². The Labute approximate surface area is 90.8 Å². The Morgan fingerprint density at radius 2 is 2.13 bits per heavy atom. The predicted octanol–water partition coefficient (Wildman–Crippen LogP) is 2.30. The molecule has 1 saturated heterocycles. The molecule has 1 spiro atoms. The number of hydrogen-bond donors (Lipinski definition) is 1. The average Bonchev–Trinajstić information content (AvgIpc) is 2.80. The highest BCUT2D eigenvalue weighted by atomic mass is 16.6. The monoisotopic (exact) mass is 212 g/mol. The highest BCUT2D eigenvalue weighted by molar-refractivity contribution is 5.71. The third-order valence-corrected chi connectivity index (χ3v) is 4.77. The molecular weight excluding hydrogens is 192 g/mol. The van der Waals surface area contributed by atoms with Crippen LogP contribution in [0.2, 0.25) is 0 Å². The summed E-state index contributed by atoms with van der Waals surface area (Å²) in [6.07, 6.45) is 1.95. The molecule has 3 nitrogen and oxygen atoms in total. The summed E-state index contributed by atoms with van der Waals surface area (Å²) in [5.74, 6) is -0.592. The molecule has 1 heterocycles. The highest BCUT2D eigenvalue weighted by Crippen LogP contribution is 2.68. The van der Waals surface area contributed by atoms with Crippen LogP contribution < -0.4 is 0 Å². The van der Waals surface area contributed by atoms with Crippen molar-refractivity contribution in [3.63, 3.8) is 0 Å². The molecule has 1 saturated carbocycles. The summed E-state index contributed by atoms with van der Waals surface area (Å²) in [5, 5.41) is 9.16. The third kappa shape index (κ3) is 1.19. The molecule has 0 aromatic rings. The Balaban J connectivity index is 2.12. The topological polar surface area (TPSA) is 49.8 Å². The second-order valence-electron chi connectivity index (χ2n) is 5.53. The number of carboxylic acid groups (broad SMARTS) is 1. The number of epoxide rings is 1. The molecule has 2 fully saturated rings. The van der Waals surface area contributed by atoms with Crippen LogP contribution in [0.1, 0.15) is 40.5 Å². The van der Waals surface area contributed by atoms with Crippen LogP contribution in [0.3, 0.4) is 0 Å². The fourth-order valence-corrected chi connectivity index (χ4v) is 3.48. The molecule has 4 atom stereocenters. The van der Waals surface area contributed by atoms with E-state index in [0.29, 0.717) is 12.5 Å². The summed E-state index contributed by atoms with van der Waals surface area (Å²) >= 11 is 0. The van der Waals surface area contributed by atoms with Gasteiger partial charge in [0.1, 0.15) is 5.60 Å². The molecule has 2 rings (SSSR count). The Hall–Kier alpha value is -0.570. The number of aliphatic carboxylic acids is 1. The molecule has 86 valence electrons. The summed E-state index contributed by atoms with van der Waals surface area (Å²) < 4.78 is 5.67. The van der Waals surface area contributed by atoms with Crippen LogP contribution in [0.15, 0.2) is 0 Å².